The average Bonchev–Trinajstić information content (AvgIpc) is 2.63. The minimum Gasteiger partial charge on any atom is -0.392 e. The Bertz CT molecular complexity index is 603. The molecule has 1 atom stereocenters. The Balaban J connectivity index is 1.94. The zero-order valence-corrected chi connectivity index (χ0v) is 13.7. The van der Waals surface area contributed by atoms with Gasteiger partial charge in [0, 0.05) is 24.1 Å². The van der Waals surface area contributed by atoms with Crippen LogP contribution in [0.3, 0.4) is 0 Å². The Hall–Kier alpha value is -0.850. The summed E-state index contributed by atoms with van der Waals surface area (Å²) in [6, 6.07) is 6.40. The minimum absolute atomic E-state index is 0.255. The summed E-state index contributed by atoms with van der Waals surface area (Å²) in [5, 5.41) is 14.4. The second kappa shape index (κ2) is 6.74. The lowest BCUT2D eigenvalue weighted by Crippen LogP contribution is -2.16. The van der Waals surface area contributed by atoms with Crippen LogP contribution in [0.4, 0.5) is 4.39 Å². The summed E-state index contributed by atoms with van der Waals surface area (Å²) in [4.78, 5) is 0.823. The average molecular weight is 359 g/mol. The Kier molecular flexibility index (Phi) is 5.23. The lowest BCUT2D eigenvalue weighted by molar-refractivity contribution is 0.197. The molecule has 2 rings (SSSR count). The van der Waals surface area contributed by atoms with Crippen molar-refractivity contribution < 1.29 is 9.50 Å². The number of hydrogen-bond donors (Lipinski definition) is 1. The number of aliphatic hydroxyl groups is 1. The molecule has 0 bridgehead atoms. The van der Waals surface area contributed by atoms with Crippen LogP contribution >= 0.6 is 27.7 Å². The zero-order chi connectivity index (χ0) is 14.7. The van der Waals surface area contributed by atoms with Gasteiger partial charge in [0.05, 0.1) is 22.0 Å². The van der Waals surface area contributed by atoms with Crippen LogP contribution in [0, 0.1) is 12.7 Å². The summed E-state index contributed by atoms with van der Waals surface area (Å²) >= 11 is 4.93. The number of aromatic nitrogens is 2. The second-order valence-corrected chi connectivity index (χ2v) is 6.48. The quantitative estimate of drug-likeness (QED) is 0.833. The molecule has 0 saturated carbocycles. The first kappa shape index (κ1) is 15.5. The van der Waals surface area contributed by atoms with E-state index in [2.05, 4.69) is 21.0 Å². The van der Waals surface area contributed by atoms with Gasteiger partial charge in [-0.1, -0.05) is 6.07 Å². The highest BCUT2D eigenvalue weighted by Gasteiger charge is 2.15. The normalized spacial score (nSPS) is 12.7. The Morgan fingerprint density at radius 3 is 2.85 bits per heavy atom. The van der Waals surface area contributed by atoms with Gasteiger partial charge in [0.1, 0.15) is 5.82 Å². The fourth-order valence-electron chi connectivity index (χ4n) is 1.93. The molecule has 2 aromatic rings. The molecule has 0 spiro atoms. The molecular weight excluding hydrogens is 343 g/mol. The van der Waals surface area contributed by atoms with E-state index in [0.717, 1.165) is 20.8 Å². The van der Waals surface area contributed by atoms with Crippen LogP contribution in [0.1, 0.15) is 11.4 Å². The van der Waals surface area contributed by atoms with Gasteiger partial charge in [0.25, 0.3) is 0 Å². The van der Waals surface area contributed by atoms with Crippen molar-refractivity contribution in [1.29, 1.82) is 0 Å². The van der Waals surface area contributed by atoms with E-state index in [1.54, 1.807) is 10.7 Å². The molecular formula is C14H16BrFN2OS. The van der Waals surface area contributed by atoms with Crippen molar-refractivity contribution in [2.45, 2.75) is 24.3 Å². The molecule has 1 unspecified atom stereocenters. The van der Waals surface area contributed by atoms with E-state index in [-0.39, 0.29) is 5.82 Å². The first-order valence-corrected chi connectivity index (χ1v) is 7.99. The lowest BCUT2D eigenvalue weighted by atomic mass is 10.2. The number of aryl methyl sites for hydroxylation is 2. The molecule has 0 saturated heterocycles. The standard InChI is InChI=1S/C14H16BrFN2OS/c1-9-14(15)13(18(2)17-9)7-11(19)8-20-12-5-3-4-10(16)6-12/h3-6,11,19H,7-8H2,1-2H3. The molecule has 0 radical (unpaired) electrons. The number of halogens is 2. The number of aliphatic hydroxyl groups excluding tert-OH is 1. The number of hydrogen-bond acceptors (Lipinski definition) is 3. The monoisotopic (exact) mass is 358 g/mol. The fourth-order valence-corrected chi connectivity index (χ4v) is 3.30. The molecule has 1 N–H and O–H groups in total. The van der Waals surface area contributed by atoms with Crippen molar-refractivity contribution >= 4 is 27.7 Å². The van der Waals surface area contributed by atoms with Crippen molar-refractivity contribution in [3.63, 3.8) is 0 Å². The second-order valence-electron chi connectivity index (χ2n) is 4.60. The third-order valence-corrected chi connectivity index (χ3v) is 5.10. The van der Waals surface area contributed by atoms with Crippen molar-refractivity contribution in [1.82, 2.24) is 9.78 Å². The summed E-state index contributed by atoms with van der Waals surface area (Å²) in [5.41, 5.74) is 1.88. The van der Waals surface area contributed by atoms with Gasteiger partial charge in [-0.2, -0.15) is 5.10 Å². The van der Waals surface area contributed by atoms with Crippen LogP contribution in [0.25, 0.3) is 0 Å². The highest BCUT2D eigenvalue weighted by Crippen LogP contribution is 2.24. The predicted octanol–water partition coefficient (Wildman–Crippen LogP) is 3.33. The fraction of sp³-hybridized carbons (Fsp3) is 0.357. The molecule has 108 valence electrons. The molecule has 0 fully saturated rings. The first-order valence-electron chi connectivity index (χ1n) is 6.21. The van der Waals surface area contributed by atoms with Crippen LogP contribution in [0.2, 0.25) is 0 Å². The van der Waals surface area contributed by atoms with E-state index in [1.807, 2.05) is 20.0 Å². The Labute approximate surface area is 130 Å². The maximum Gasteiger partial charge on any atom is 0.124 e. The molecule has 6 heteroatoms. The molecule has 0 aliphatic carbocycles. The Morgan fingerprint density at radius 1 is 1.50 bits per heavy atom. The molecule has 0 aliphatic heterocycles. The van der Waals surface area contributed by atoms with Crippen LogP contribution in [0.15, 0.2) is 33.6 Å². The van der Waals surface area contributed by atoms with E-state index < -0.39 is 6.10 Å². The van der Waals surface area contributed by atoms with Gasteiger partial charge in [0.15, 0.2) is 0 Å². The summed E-state index contributed by atoms with van der Waals surface area (Å²) in [7, 11) is 1.86. The lowest BCUT2D eigenvalue weighted by Gasteiger charge is -2.11. The van der Waals surface area contributed by atoms with Crippen LogP contribution < -0.4 is 0 Å². The predicted molar refractivity (Wildman–Crippen MR) is 82.5 cm³/mol. The summed E-state index contributed by atoms with van der Waals surface area (Å²) in [5.74, 6) is 0.259. The molecule has 3 nitrogen and oxygen atoms in total. The van der Waals surface area contributed by atoms with Crippen LogP contribution in [-0.2, 0) is 13.5 Å². The van der Waals surface area contributed by atoms with Crippen LogP contribution in [0.5, 0.6) is 0 Å². The number of nitrogens with zero attached hydrogens (tertiary/aromatic N) is 2. The summed E-state index contributed by atoms with van der Waals surface area (Å²) in [6.45, 7) is 1.92. The van der Waals surface area contributed by atoms with E-state index in [4.69, 9.17) is 0 Å². The van der Waals surface area contributed by atoms with Gasteiger partial charge in [0.2, 0.25) is 0 Å². The van der Waals surface area contributed by atoms with E-state index in [9.17, 15) is 9.50 Å². The van der Waals surface area contributed by atoms with Gasteiger partial charge >= 0.3 is 0 Å². The molecule has 1 aromatic carbocycles. The molecule has 0 aliphatic rings. The maximum absolute atomic E-state index is 13.1. The number of benzene rings is 1. The van der Waals surface area contributed by atoms with Crippen molar-refractivity contribution in [2.24, 2.45) is 7.05 Å². The largest absolute Gasteiger partial charge is 0.392 e. The minimum atomic E-state index is -0.505. The highest BCUT2D eigenvalue weighted by atomic mass is 79.9. The van der Waals surface area contributed by atoms with E-state index in [1.165, 1.54) is 23.9 Å². The highest BCUT2D eigenvalue weighted by molar-refractivity contribution is 9.10. The van der Waals surface area contributed by atoms with E-state index in [0.29, 0.717) is 12.2 Å². The van der Waals surface area contributed by atoms with Crippen molar-refractivity contribution in [3.8, 4) is 0 Å². The smallest absolute Gasteiger partial charge is 0.124 e. The third-order valence-electron chi connectivity index (χ3n) is 2.93. The number of thioether (sulfide) groups is 1. The molecule has 1 heterocycles. The maximum atomic E-state index is 13.1. The molecule has 20 heavy (non-hydrogen) atoms. The zero-order valence-electron chi connectivity index (χ0n) is 11.3. The SMILES string of the molecule is Cc1nn(C)c(CC(O)CSc2cccc(F)c2)c1Br. The summed E-state index contributed by atoms with van der Waals surface area (Å²) in [6.07, 6.45) is 0.00891. The number of rotatable bonds is 5. The third kappa shape index (κ3) is 3.84. The van der Waals surface area contributed by atoms with Crippen LogP contribution in [-0.4, -0.2) is 26.7 Å². The van der Waals surface area contributed by atoms with E-state index >= 15 is 0 Å². The van der Waals surface area contributed by atoms with Gasteiger partial charge < -0.3 is 5.11 Å². The summed E-state index contributed by atoms with van der Waals surface area (Å²) < 4.78 is 15.8. The Morgan fingerprint density at radius 2 is 2.25 bits per heavy atom. The van der Waals surface area contributed by atoms with Gasteiger partial charge in [-0.25, -0.2) is 4.39 Å². The van der Waals surface area contributed by atoms with Gasteiger partial charge in [-0.15, -0.1) is 11.8 Å². The molecule has 0 amide bonds. The van der Waals surface area contributed by atoms with Gasteiger partial charge in [-0.3, -0.25) is 4.68 Å². The topological polar surface area (TPSA) is 38.0 Å². The van der Waals surface area contributed by atoms with Crippen molar-refractivity contribution in [2.75, 3.05) is 5.75 Å². The molecule has 1 aromatic heterocycles. The first-order chi connectivity index (χ1) is 9.47. The van der Waals surface area contributed by atoms with Crippen molar-refractivity contribution in [3.05, 3.63) is 45.9 Å². The van der Waals surface area contributed by atoms with Gasteiger partial charge in [-0.05, 0) is 41.1 Å².